The zero-order valence-corrected chi connectivity index (χ0v) is 19.4. The number of benzene rings is 1. The molecule has 0 unspecified atom stereocenters. The fraction of sp³-hybridized carbons (Fsp3) is 0.556. The van der Waals surface area contributed by atoms with Crippen molar-refractivity contribution in [1.82, 2.24) is 14.8 Å². The molecule has 4 atom stereocenters. The predicted octanol–water partition coefficient (Wildman–Crippen LogP) is 3.56. The van der Waals surface area contributed by atoms with Crippen LogP contribution in [0.2, 0.25) is 0 Å². The van der Waals surface area contributed by atoms with Crippen molar-refractivity contribution in [1.29, 1.82) is 0 Å². The van der Waals surface area contributed by atoms with Crippen molar-refractivity contribution in [3.05, 3.63) is 63.1 Å². The number of pyridine rings is 1. The number of carbonyl (C=O) groups excluding carboxylic acids is 1. The molecule has 174 valence electrons. The second-order valence-corrected chi connectivity index (χ2v) is 10.4. The Morgan fingerprint density at radius 3 is 2.73 bits per heavy atom. The highest BCUT2D eigenvalue weighted by molar-refractivity contribution is 5.94. The number of H-pyrrole nitrogens is 1. The summed E-state index contributed by atoms with van der Waals surface area (Å²) in [6.07, 6.45) is 7.74. The van der Waals surface area contributed by atoms with E-state index in [1.165, 1.54) is 31.2 Å². The number of methoxy groups -OCH3 is 1. The molecule has 2 bridgehead atoms. The van der Waals surface area contributed by atoms with Gasteiger partial charge in [-0.1, -0.05) is 12.1 Å². The Balaban J connectivity index is 1.22. The van der Waals surface area contributed by atoms with Gasteiger partial charge >= 0.3 is 0 Å². The van der Waals surface area contributed by atoms with Gasteiger partial charge < -0.3 is 14.6 Å². The highest BCUT2D eigenvalue weighted by Crippen LogP contribution is 2.44. The number of nitrogens with zero attached hydrogens (tertiary/aromatic N) is 2. The molecule has 1 N–H and O–H groups in total. The van der Waals surface area contributed by atoms with Gasteiger partial charge in [-0.2, -0.15) is 0 Å². The molecule has 4 aliphatic rings. The lowest BCUT2D eigenvalue weighted by atomic mass is 9.74. The van der Waals surface area contributed by atoms with Crippen LogP contribution in [-0.2, 0) is 12.8 Å². The molecule has 3 aliphatic heterocycles. The molecule has 0 radical (unpaired) electrons. The van der Waals surface area contributed by atoms with Crippen molar-refractivity contribution in [2.75, 3.05) is 26.7 Å². The molecule has 0 spiro atoms. The second-order valence-electron chi connectivity index (χ2n) is 10.4. The third-order valence-electron chi connectivity index (χ3n) is 8.49. The van der Waals surface area contributed by atoms with Crippen molar-refractivity contribution in [2.45, 2.75) is 57.0 Å². The number of hydrogen-bond donors (Lipinski definition) is 1. The van der Waals surface area contributed by atoms with E-state index in [1.807, 2.05) is 11.0 Å². The van der Waals surface area contributed by atoms with E-state index in [9.17, 15) is 9.59 Å². The maximum atomic E-state index is 13.4. The first kappa shape index (κ1) is 21.0. The van der Waals surface area contributed by atoms with Crippen LogP contribution in [0.25, 0.3) is 0 Å². The quantitative estimate of drug-likeness (QED) is 0.781. The van der Waals surface area contributed by atoms with Crippen molar-refractivity contribution in [3.8, 4) is 5.75 Å². The molecule has 3 fully saturated rings. The van der Waals surface area contributed by atoms with E-state index in [-0.39, 0.29) is 11.5 Å². The van der Waals surface area contributed by atoms with Crippen LogP contribution in [0.15, 0.2) is 35.1 Å². The second kappa shape index (κ2) is 8.32. The third kappa shape index (κ3) is 3.68. The van der Waals surface area contributed by atoms with Crippen LogP contribution >= 0.6 is 0 Å². The Hall–Kier alpha value is -2.60. The molecule has 1 aromatic carbocycles. The summed E-state index contributed by atoms with van der Waals surface area (Å²) in [7, 11) is 1.71. The van der Waals surface area contributed by atoms with Gasteiger partial charge in [-0.25, -0.2) is 0 Å². The summed E-state index contributed by atoms with van der Waals surface area (Å²) in [5.41, 5.74) is 3.67. The fourth-order valence-corrected chi connectivity index (χ4v) is 7.00. The number of amides is 1. The third-order valence-corrected chi connectivity index (χ3v) is 8.49. The topological polar surface area (TPSA) is 65.6 Å². The lowest BCUT2D eigenvalue weighted by molar-refractivity contribution is -0.0511. The maximum absolute atomic E-state index is 13.4. The number of aromatic amines is 1. The largest absolute Gasteiger partial charge is 0.497 e. The molecular weight excluding hydrogens is 414 g/mol. The van der Waals surface area contributed by atoms with Gasteiger partial charge in [0.2, 0.25) is 0 Å². The Morgan fingerprint density at radius 2 is 1.91 bits per heavy atom. The fourth-order valence-electron chi connectivity index (χ4n) is 7.00. The highest BCUT2D eigenvalue weighted by Gasteiger charge is 2.46. The summed E-state index contributed by atoms with van der Waals surface area (Å²) in [5.74, 6) is 1.78. The monoisotopic (exact) mass is 447 g/mol. The average molecular weight is 448 g/mol. The molecule has 6 rings (SSSR count). The van der Waals surface area contributed by atoms with Crippen molar-refractivity contribution in [3.63, 3.8) is 0 Å². The Bertz CT molecular complexity index is 1110. The summed E-state index contributed by atoms with van der Waals surface area (Å²) in [4.78, 5) is 33.8. The van der Waals surface area contributed by atoms with Gasteiger partial charge in [0.25, 0.3) is 11.5 Å². The number of ether oxygens (including phenoxy) is 1. The zero-order valence-electron chi connectivity index (χ0n) is 19.4. The average Bonchev–Trinajstić information content (AvgIpc) is 3.30. The number of aryl methyl sites for hydroxylation is 2. The molecule has 1 aromatic heterocycles. The SMILES string of the molecule is COc1ccc([C@H]2CCC[C@H]3[C@@H]4C[C@@H](CN(C(=O)c5cc6c([nH]c5=O)CCC6)C4)CN23)cc1. The van der Waals surface area contributed by atoms with Gasteiger partial charge in [-0.3, -0.25) is 14.5 Å². The summed E-state index contributed by atoms with van der Waals surface area (Å²) in [6.45, 7) is 2.55. The molecule has 4 heterocycles. The summed E-state index contributed by atoms with van der Waals surface area (Å²) >= 11 is 0. The van der Waals surface area contributed by atoms with E-state index in [1.54, 1.807) is 7.11 Å². The van der Waals surface area contributed by atoms with Gasteiger partial charge in [0.15, 0.2) is 0 Å². The minimum absolute atomic E-state index is 0.0726. The molecule has 33 heavy (non-hydrogen) atoms. The molecule has 1 aliphatic carbocycles. The number of piperidine rings is 3. The van der Waals surface area contributed by atoms with Crippen LogP contribution in [-0.4, -0.2) is 53.5 Å². The van der Waals surface area contributed by atoms with Crippen LogP contribution in [0.5, 0.6) is 5.75 Å². The van der Waals surface area contributed by atoms with E-state index in [4.69, 9.17) is 4.74 Å². The minimum atomic E-state index is -0.213. The highest BCUT2D eigenvalue weighted by atomic mass is 16.5. The summed E-state index contributed by atoms with van der Waals surface area (Å²) in [5, 5.41) is 0. The van der Waals surface area contributed by atoms with Crippen molar-refractivity contribution in [2.24, 2.45) is 11.8 Å². The summed E-state index contributed by atoms with van der Waals surface area (Å²) < 4.78 is 5.35. The molecule has 6 heteroatoms. The normalized spacial score (nSPS) is 28.8. The predicted molar refractivity (Wildman–Crippen MR) is 127 cm³/mol. The van der Waals surface area contributed by atoms with Gasteiger partial charge in [0, 0.05) is 37.4 Å². The smallest absolute Gasteiger partial charge is 0.261 e. The first-order valence-corrected chi connectivity index (χ1v) is 12.5. The van der Waals surface area contributed by atoms with Crippen LogP contribution in [0.4, 0.5) is 0 Å². The lowest BCUT2D eigenvalue weighted by Crippen LogP contribution is -2.60. The van der Waals surface area contributed by atoms with Crippen LogP contribution in [0.3, 0.4) is 0 Å². The minimum Gasteiger partial charge on any atom is -0.497 e. The molecule has 3 saturated heterocycles. The maximum Gasteiger partial charge on any atom is 0.261 e. The molecule has 0 saturated carbocycles. The first-order valence-electron chi connectivity index (χ1n) is 12.5. The van der Waals surface area contributed by atoms with Crippen LogP contribution in [0, 0.1) is 11.8 Å². The Morgan fingerprint density at radius 1 is 1.06 bits per heavy atom. The van der Waals surface area contributed by atoms with Crippen LogP contribution < -0.4 is 10.3 Å². The van der Waals surface area contributed by atoms with Crippen molar-refractivity contribution >= 4 is 5.91 Å². The number of hydrogen-bond acceptors (Lipinski definition) is 4. The Labute approximate surface area is 194 Å². The van der Waals surface area contributed by atoms with E-state index < -0.39 is 0 Å². The van der Waals surface area contributed by atoms with E-state index >= 15 is 0 Å². The number of nitrogens with one attached hydrogen (secondary N) is 1. The van der Waals surface area contributed by atoms with E-state index in [2.05, 4.69) is 34.1 Å². The number of fused-ring (bicyclic) bond motifs is 5. The molecule has 1 amide bonds. The first-order chi connectivity index (χ1) is 16.1. The number of rotatable bonds is 3. The van der Waals surface area contributed by atoms with Crippen molar-refractivity contribution < 1.29 is 9.53 Å². The van der Waals surface area contributed by atoms with Gasteiger partial charge in [0.1, 0.15) is 11.3 Å². The number of aromatic nitrogens is 1. The van der Waals surface area contributed by atoms with Gasteiger partial charge in [-0.15, -0.1) is 0 Å². The Kier molecular flexibility index (Phi) is 5.28. The zero-order chi connectivity index (χ0) is 22.5. The number of likely N-dealkylation sites (tertiary alicyclic amines) is 1. The van der Waals surface area contributed by atoms with Crippen LogP contribution in [0.1, 0.15) is 65.3 Å². The summed E-state index contributed by atoms with van der Waals surface area (Å²) in [6, 6.07) is 11.4. The van der Waals surface area contributed by atoms with E-state index in [0.717, 1.165) is 55.9 Å². The standard InChI is InChI=1S/C27H33N3O3/c1-33-21-10-8-18(9-11-21)24-6-3-7-25-20-12-17(15-30(24)25)14-29(16-20)27(32)22-13-19-4-2-5-23(19)28-26(22)31/h8-11,13,17,20,24-25H,2-7,12,14-16H2,1H3,(H,28,31)/t17-,20+,24+,25-/m0/s1. The molecule has 6 nitrogen and oxygen atoms in total. The van der Waals surface area contributed by atoms with Gasteiger partial charge in [-0.05, 0) is 86.1 Å². The van der Waals surface area contributed by atoms with E-state index in [0.29, 0.717) is 29.5 Å². The van der Waals surface area contributed by atoms with Gasteiger partial charge in [0.05, 0.1) is 7.11 Å². The number of carbonyl (C=O) groups is 1. The molecule has 2 aromatic rings. The molecular formula is C27H33N3O3. The lowest BCUT2D eigenvalue weighted by Gasteiger charge is -2.55.